The van der Waals surface area contributed by atoms with Crippen LogP contribution in [0.25, 0.3) is 0 Å². The zero-order chi connectivity index (χ0) is 22.6. The summed E-state index contributed by atoms with van der Waals surface area (Å²) < 4.78 is 37.9. The number of aromatic nitrogens is 2. The number of nitrogens with zero attached hydrogens (tertiary/aromatic N) is 3. The number of nitrogens with one attached hydrogen (secondary N) is 1. The highest BCUT2D eigenvalue weighted by atomic mass is 35.5. The maximum atomic E-state index is 12.6. The summed E-state index contributed by atoms with van der Waals surface area (Å²) in [5.41, 5.74) is -0.426. The van der Waals surface area contributed by atoms with Gasteiger partial charge >= 0.3 is 6.18 Å². The number of aliphatic hydroxyl groups excluding tert-OH is 1. The van der Waals surface area contributed by atoms with Gasteiger partial charge in [0.2, 0.25) is 0 Å². The molecule has 2 N–H and O–H groups in total. The lowest BCUT2D eigenvalue weighted by Crippen LogP contribution is -2.23. The first-order valence-electron chi connectivity index (χ1n) is 8.84. The van der Waals surface area contributed by atoms with Crippen molar-refractivity contribution in [2.45, 2.75) is 6.18 Å². The summed E-state index contributed by atoms with van der Waals surface area (Å²) in [7, 11) is 0. The van der Waals surface area contributed by atoms with Gasteiger partial charge < -0.3 is 15.3 Å². The summed E-state index contributed by atoms with van der Waals surface area (Å²) in [6.07, 6.45) is -2.13. The maximum Gasteiger partial charge on any atom is 0.433 e. The molecule has 0 aliphatic carbocycles. The first-order valence-corrected chi connectivity index (χ1v) is 9.59. The summed E-state index contributed by atoms with van der Waals surface area (Å²) in [6, 6.07) is 9.55. The molecule has 2 heterocycles. The van der Waals surface area contributed by atoms with Crippen molar-refractivity contribution in [3.05, 3.63) is 76.2 Å². The number of hydrogen-bond acceptors (Lipinski definition) is 5. The zero-order valence-electron chi connectivity index (χ0n) is 15.7. The highest BCUT2D eigenvalue weighted by molar-refractivity contribution is 6.35. The minimum Gasteiger partial charge on any atom is -0.395 e. The van der Waals surface area contributed by atoms with E-state index in [0.29, 0.717) is 16.5 Å². The van der Waals surface area contributed by atoms with E-state index in [0.717, 1.165) is 18.3 Å². The highest BCUT2D eigenvalue weighted by Gasteiger charge is 2.32. The Kier molecular flexibility index (Phi) is 6.99. The Labute approximate surface area is 185 Å². The number of carbonyl (C=O) groups excluding carboxylic acids is 1. The van der Waals surface area contributed by atoms with Crippen molar-refractivity contribution in [1.29, 1.82) is 0 Å². The van der Waals surface area contributed by atoms with Gasteiger partial charge in [-0.05, 0) is 42.5 Å². The van der Waals surface area contributed by atoms with Gasteiger partial charge in [0.25, 0.3) is 5.91 Å². The number of hydrogen-bond donors (Lipinski definition) is 2. The molecular formula is C20H15Cl2F3N4O2. The van der Waals surface area contributed by atoms with E-state index in [2.05, 4.69) is 15.3 Å². The van der Waals surface area contributed by atoms with Crippen LogP contribution in [0.15, 0.2) is 54.9 Å². The van der Waals surface area contributed by atoms with E-state index in [4.69, 9.17) is 23.2 Å². The topological polar surface area (TPSA) is 78.4 Å². The predicted octanol–water partition coefficient (Wildman–Crippen LogP) is 5.18. The van der Waals surface area contributed by atoms with E-state index >= 15 is 0 Å². The van der Waals surface area contributed by atoms with Crippen molar-refractivity contribution < 1.29 is 23.1 Å². The van der Waals surface area contributed by atoms with Crippen molar-refractivity contribution in [3.63, 3.8) is 0 Å². The minimum absolute atomic E-state index is 0.0921. The lowest BCUT2D eigenvalue weighted by molar-refractivity contribution is -0.141. The first-order chi connectivity index (χ1) is 14.7. The molecule has 0 radical (unpaired) electrons. The number of aliphatic hydroxyl groups is 1. The number of amides is 1. The second-order valence-electron chi connectivity index (χ2n) is 6.23. The Morgan fingerprint density at radius 3 is 2.48 bits per heavy atom. The Hall–Kier alpha value is -2.88. The number of carbonyl (C=O) groups is 1. The second kappa shape index (κ2) is 9.51. The van der Waals surface area contributed by atoms with E-state index in [1.54, 1.807) is 17.0 Å². The smallest absolute Gasteiger partial charge is 0.395 e. The second-order valence-corrected chi connectivity index (χ2v) is 7.05. The van der Waals surface area contributed by atoms with Crippen LogP contribution >= 0.6 is 23.2 Å². The van der Waals surface area contributed by atoms with Crippen LogP contribution in [-0.4, -0.2) is 34.1 Å². The van der Waals surface area contributed by atoms with Gasteiger partial charge in [-0.3, -0.25) is 4.79 Å². The van der Waals surface area contributed by atoms with Gasteiger partial charge in [0.15, 0.2) is 5.82 Å². The standard InChI is InChI=1S/C20H15Cl2F3N4O2/c21-14-5-3-12(19(31)28-13-4-6-17(27-11-13)20(23,24)25)10-16(14)29(8-9-30)18-15(22)2-1-7-26-18/h1-7,10-11,30H,8-9H2,(H,28,31). The maximum absolute atomic E-state index is 12.6. The molecule has 0 aliphatic rings. The van der Waals surface area contributed by atoms with Gasteiger partial charge in [0.1, 0.15) is 5.69 Å². The summed E-state index contributed by atoms with van der Waals surface area (Å²) in [6.45, 7) is -0.138. The molecule has 0 spiro atoms. The molecule has 0 bridgehead atoms. The minimum atomic E-state index is -4.57. The van der Waals surface area contributed by atoms with Crippen LogP contribution in [0.1, 0.15) is 16.1 Å². The third kappa shape index (κ3) is 5.43. The number of halogens is 5. The summed E-state index contributed by atoms with van der Waals surface area (Å²) in [5.74, 6) is -0.250. The average Bonchev–Trinajstić information content (AvgIpc) is 2.73. The molecule has 6 nitrogen and oxygen atoms in total. The van der Waals surface area contributed by atoms with Crippen LogP contribution in [0.5, 0.6) is 0 Å². The van der Waals surface area contributed by atoms with Crippen LogP contribution in [-0.2, 0) is 6.18 Å². The predicted molar refractivity (Wildman–Crippen MR) is 112 cm³/mol. The Morgan fingerprint density at radius 1 is 1.10 bits per heavy atom. The van der Waals surface area contributed by atoms with E-state index in [1.165, 1.54) is 24.4 Å². The van der Waals surface area contributed by atoms with E-state index < -0.39 is 17.8 Å². The van der Waals surface area contributed by atoms with Gasteiger partial charge in [-0.15, -0.1) is 0 Å². The summed E-state index contributed by atoms with van der Waals surface area (Å²) in [4.78, 5) is 21.7. The Bertz CT molecular complexity index is 1080. The highest BCUT2D eigenvalue weighted by Crippen LogP contribution is 2.35. The molecule has 162 valence electrons. The summed E-state index contributed by atoms with van der Waals surface area (Å²) in [5, 5.41) is 12.6. The van der Waals surface area contributed by atoms with Crippen LogP contribution < -0.4 is 10.2 Å². The molecule has 0 fully saturated rings. The van der Waals surface area contributed by atoms with Gasteiger partial charge in [-0.1, -0.05) is 23.2 Å². The van der Waals surface area contributed by atoms with Crippen LogP contribution in [0, 0.1) is 0 Å². The molecule has 3 rings (SSSR count). The lowest BCUT2D eigenvalue weighted by Gasteiger charge is -2.25. The third-order valence-corrected chi connectivity index (χ3v) is 4.74. The molecule has 2 aromatic heterocycles. The fourth-order valence-electron chi connectivity index (χ4n) is 2.72. The van der Waals surface area contributed by atoms with E-state index in [9.17, 15) is 23.1 Å². The molecule has 0 atom stereocenters. The van der Waals surface area contributed by atoms with Crippen molar-refractivity contribution >= 4 is 46.3 Å². The van der Waals surface area contributed by atoms with E-state index in [1.807, 2.05) is 0 Å². The molecule has 31 heavy (non-hydrogen) atoms. The number of anilines is 3. The summed E-state index contributed by atoms with van der Waals surface area (Å²) >= 11 is 12.5. The largest absolute Gasteiger partial charge is 0.433 e. The lowest BCUT2D eigenvalue weighted by atomic mass is 10.1. The van der Waals surface area contributed by atoms with Crippen molar-refractivity contribution in [1.82, 2.24) is 9.97 Å². The van der Waals surface area contributed by atoms with Crippen molar-refractivity contribution in [2.75, 3.05) is 23.4 Å². The molecule has 0 aliphatic heterocycles. The normalized spacial score (nSPS) is 11.3. The van der Waals surface area contributed by atoms with Crippen molar-refractivity contribution in [2.24, 2.45) is 0 Å². The molecule has 3 aromatic rings. The van der Waals surface area contributed by atoms with Gasteiger partial charge in [0, 0.05) is 18.3 Å². The molecular weight excluding hydrogens is 456 g/mol. The monoisotopic (exact) mass is 470 g/mol. The van der Waals surface area contributed by atoms with Gasteiger partial charge in [-0.2, -0.15) is 13.2 Å². The molecule has 11 heteroatoms. The Balaban J connectivity index is 1.89. The van der Waals surface area contributed by atoms with Crippen LogP contribution in [0.4, 0.5) is 30.4 Å². The van der Waals surface area contributed by atoms with Crippen molar-refractivity contribution in [3.8, 4) is 0 Å². The quantitative estimate of drug-likeness (QED) is 0.518. The zero-order valence-corrected chi connectivity index (χ0v) is 17.2. The third-order valence-electron chi connectivity index (χ3n) is 4.13. The molecule has 0 saturated heterocycles. The Morgan fingerprint density at radius 2 is 1.87 bits per heavy atom. The van der Waals surface area contributed by atoms with E-state index in [-0.39, 0.29) is 29.4 Å². The molecule has 1 aromatic carbocycles. The first kappa shape index (κ1) is 22.8. The fraction of sp³-hybridized carbons (Fsp3) is 0.150. The number of benzene rings is 1. The number of rotatable bonds is 6. The number of pyridine rings is 2. The average molecular weight is 471 g/mol. The number of alkyl halides is 3. The molecule has 0 unspecified atom stereocenters. The van der Waals surface area contributed by atoms with Crippen LogP contribution in [0.3, 0.4) is 0 Å². The SMILES string of the molecule is O=C(Nc1ccc(C(F)(F)F)nc1)c1ccc(Cl)c(N(CCO)c2ncccc2Cl)c1. The van der Waals surface area contributed by atoms with Gasteiger partial charge in [-0.25, -0.2) is 9.97 Å². The van der Waals surface area contributed by atoms with Crippen LogP contribution in [0.2, 0.25) is 10.0 Å². The molecule has 0 saturated carbocycles. The van der Waals surface area contributed by atoms with Gasteiger partial charge in [0.05, 0.1) is 34.2 Å². The molecule has 1 amide bonds. The fourth-order valence-corrected chi connectivity index (χ4v) is 3.16.